The van der Waals surface area contributed by atoms with E-state index in [9.17, 15) is 4.79 Å². The van der Waals surface area contributed by atoms with Crippen LogP contribution < -0.4 is 4.74 Å². The molecule has 0 aliphatic carbocycles. The normalized spacial score (nSPS) is 12.3. The van der Waals surface area contributed by atoms with E-state index in [2.05, 4.69) is 15.9 Å². The van der Waals surface area contributed by atoms with Crippen molar-refractivity contribution in [2.45, 2.75) is 25.6 Å². The number of ketones is 1. The van der Waals surface area contributed by atoms with Gasteiger partial charge in [-0.3, -0.25) is 4.79 Å². The quantitative estimate of drug-likeness (QED) is 0.784. The van der Waals surface area contributed by atoms with Crippen LogP contribution in [0.1, 0.15) is 29.8 Å². The summed E-state index contributed by atoms with van der Waals surface area (Å²) in [5.41, 5.74) is 2.03. The minimum absolute atomic E-state index is 0.0984. The summed E-state index contributed by atoms with van der Waals surface area (Å²) in [5, 5.41) is 0. The number of Topliss-reactive ketones (excluding diaryl/α,β-unsaturated/α-hetero) is 1. The van der Waals surface area contributed by atoms with Crippen LogP contribution in [0.3, 0.4) is 0 Å². The van der Waals surface area contributed by atoms with Crippen LogP contribution >= 0.6 is 15.9 Å². The molecule has 0 fully saturated rings. The summed E-state index contributed by atoms with van der Waals surface area (Å²) in [5.74, 6) is 0.946. The lowest BCUT2D eigenvalue weighted by Crippen LogP contribution is -2.02. The summed E-state index contributed by atoms with van der Waals surface area (Å²) in [6.45, 7) is 6.14. The van der Waals surface area contributed by atoms with Crippen LogP contribution in [-0.2, 0) is 4.79 Å². The van der Waals surface area contributed by atoms with Gasteiger partial charge in [-0.15, -0.1) is 0 Å². The minimum atomic E-state index is -0.239. The summed E-state index contributed by atoms with van der Waals surface area (Å²) in [6, 6.07) is 5.83. The van der Waals surface area contributed by atoms with E-state index >= 15 is 0 Å². The Balaban J connectivity index is 3.01. The van der Waals surface area contributed by atoms with Gasteiger partial charge in [0, 0.05) is 0 Å². The first-order chi connectivity index (χ1) is 7.06. The highest BCUT2D eigenvalue weighted by Gasteiger charge is 2.13. The molecule has 82 valence electrons. The third kappa shape index (κ3) is 3.06. The van der Waals surface area contributed by atoms with Gasteiger partial charge < -0.3 is 4.74 Å². The lowest BCUT2D eigenvalue weighted by molar-refractivity contribution is -0.116. The molecule has 0 radical (unpaired) electrons. The highest BCUT2D eigenvalue weighted by molar-refractivity contribution is 9.09. The molecule has 0 N–H and O–H groups in total. The first-order valence-electron chi connectivity index (χ1n) is 4.94. The first-order valence-corrected chi connectivity index (χ1v) is 5.85. The Hall–Kier alpha value is -0.830. The fourth-order valence-corrected chi connectivity index (χ4v) is 1.60. The van der Waals surface area contributed by atoms with Gasteiger partial charge >= 0.3 is 0 Å². The average molecular weight is 271 g/mol. The van der Waals surface area contributed by atoms with Gasteiger partial charge in [-0.25, -0.2) is 0 Å². The number of hydrogen-bond acceptors (Lipinski definition) is 2. The Morgan fingerprint density at radius 3 is 2.73 bits per heavy atom. The number of ether oxygens (including phenoxy) is 1. The van der Waals surface area contributed by atoms with Crippen molar-refractivity contribution < 1.29 is 9.53 Å². The van der Waals surface area contributed by atoms with E-state index in [0.29, 0.717) is 6.61 Å². The molecule has 1 aromatic rings. The maximum Gasteiger partial charge on any atom is 0.147 e. The van der Waals surface area contributed by atoms with Crippen LogP contribution in [0.5, 0.6) is 5.75 Å². The maximum absolute atomic E-state index is 11.2. The van der Waals surface area contributed by atoms with Crippen molar-refractivity contribution in [3.8, 4) is 5.75 Å². The molecule has 2 nitrogen and oxygen atoms in total. The molecule has 0 amide bonds. The standard InChI is InChI=1S/C12H15BrO2/c1-4-15-11-7-10(6-5-8(11)2)12(13)9(3)14/h5-7,12H,4H2,1-3H3. The third-order valence-electron chi connectivity index (χ3n) is 2.16. The summed E-state index contributed by atoms with van der Waals surface area (Å²) in [4.78, 5) is 11.0. The molecule has 0 aliphatic rings. The zero-order chi connectivity index (χ0) is 11.4. The Morgan fingerprint density at radius 1 is 1.53 bits per heavy atom. The number of hydrogen-bond donors (Lipinski definition) is 0. The largest absolute Gasteiger partial charge is 0.494 e. The van der Waals surface area contributed by atoms with E-state index < -0.39 is 0 Å². The van der Waals surface area contributed by atoms with Crippen LogP contribution in [0, 0.1) is 6.92 Å². The van der Waals surface area contributed by atoms with Crippen molar-refractivity contribution in [3.63, 3.8) is 0 Å². The molecule has 0 saturated heterocycles. The van der Waals surface area contributed by atoms with E-state index in [4.69, 9.17) is 4.74 Å². The second-order valence-corrected chi connectivity index (χ2v) is 4.35. The van der Waals surface area contributed by atoms with Gasteiger partial charge in [-0.1, -0.05) is 28.1 Å². The number of halogens is 1. The molecule has 0 bridgehead atoms. The number of alkyl halides is 1. The molecule has 0 spiro atoms. The van der Waals surface area contributed by atoms with Gasteiger partial charge in [0.25, 0.3) is 0 Å². The lowest BCUT2D eigenvalue weighted by atomic mass is 10.1. The van der Waals surface area contributed by atoms with Gasteiger partial charge in [-0.05, 0) is 38.0 Å². The van der Waals surface area contributed by atoms with Gasteiger partial charge in [0.1, 0.15) is 11.5 Å². The highest BCUT2D eigenvalue weighted by atomic mass is 79.9. The van der Waals surface area contributed by atoms with Gasteiger partial charge in [0.05, 0.1) is 11.4 Å². The average Bonchev–Trinajstić information content (AvgIpc) is 2.20. The molecule has 1 atom stereocenters. The van der Waals surface area contributed by atoms with E-state index in [1.54, 1.807) is 6.92 Å². The van der Waals surface area contributed by atoms with Crippen molar-refractivity contribution in [1.29, 1.82) is 0 Å². The second-order valence-electron chi connectivity index (χ2n) is 3.43. The van der Waals surface area contributed by atoms with Crippen LogP contribution in [-0.4, -0.2) is 12.4 Å². The summed E-state index contributed by atoms with van der Waals surface area (Å²) >= 11 is 3.36. The van der Waals surface area contributed by atoms with E-state index in [1.165, 1.54) is 0 Å². The SMILES string of the molecule is CCOc1cc(C(Br)C(C)=O)ccc1C. The van der Waals surface area contributed by atoms with Gasteiger partial charge in [0.15, 0.2) is 0 Å². The Labute approximate surface area is 98.8 Å². The Bertz CT molecular complexity index is 361. The third-order valence-corrected chi connectivity index (χ3v) is 3.34. The summed E-state index contributed by atoms with van der Waals surface area (Å²) in [7, 11) is 0. The topological polar surface area (TPSA) is 26.3 Å². The zero-order valence-electron chi connectivity index (χ0n) is 9.21. The summed E-state index contributed by atoms with van der Waals surface area (Å²) < 4.78 is 5.48. The van der Waals surface area contributed by atoms with Crippen molar-refractivity contribution in [3.05, 3.63) is 29.3 Å². The molecule has 15 heavy (non-hydrogen) atoms. The molecule has 0 aromatic heterocycles. The molecule has 1 aromatic carbocycles. The van der Waals surface area contributed by atoms with Crippen molar-refractivity contribution >= 4 is 21.7 Å². The van der Waals surface area contributed by atoms with Crippen LogP contribution in [0.15, 0.2) is 18.2 Å². The molecular formula is C12H15BrO2. The molecule has 0 aliphatic heterocycles. The maximum atomic E-state index is 11.2. The number of aryl methyl sites for hydroxylation is 1. The van der Waals surface area contributed by atoms with Crippen LogP contribution in [0.4, 0.5) is 0 Å². The number of carbonyl (C=O) groups excluding carboxylic acids is 1. The van der Waals surface area contributed by atoms with Crippen LogP contribution in [0.25, 0.3) is 0 Å². The lowest BCUT2D eigenvalue weighted by Gasteiger charge is -2.11. The monoisotopic (exact) mass is 270 g/mol. The Kier molecular flexibility index (Phi) is 4.33. The van der Waals surface area contributed by atoms with Crippen LogP contribution in [0.2, 0.25) is 0 Å². The van der Waals surface area contributed by atoms with Crippen molar-refractivity contribution in [1.82, 2.24) is 0 Å². The molecule has 1 unspecified atom stereocenters. The molecule has 3 heteroatoms. The highest BCUT2D eigenvalue weighted by Crippen LogP contribution is 2.28. The number of carbonyl (C=O) groups is 1. The number of rotatable bonds is 4. The fraction of sp³-hybridized carbons (Fsp3) is 0.417. The molecular weight excluding hydrogens is 256 g/mol. The van der Waals surface area contributed by atoms with Gasteiger partial charge in [-0.2, -0.15) is 0 Å². The molecule has 0 saturated carbocycles. The number of benzene rings is 1. The zero-order valence-corrected chi connectivity index (χ0v) is 10.8. The van der Waals surface area contributed by atoms with Crippen molar-refractivity contribution in [2.24, 2.45) is 0 Å². The Morgan fingerprint density at radius 2 is 2.20 bits per heavy atom. The smallest absolute Gasteiger partial charge is 0.147 e. The fourth-order valence-electron chi connectivity index (χ4n) is 1.32. The molecule has 1 rings (SSSR count). The van der Waals surface area contributed by atoms with Gasteiger partial charge in [0.2, 0.25) is 0 Å². The van der Waals surface area contributed by atoms with Crippen molar-refractivity contribution in [2.75, 3.05) is 6.61 Å². The predicted molar refractivity (Wildman–Crippen MR) is 64.7 cm³/mol. The van der Waals surface area contributed by atoms with E-state index in [-0.39, 0.29) is 10.6 Å². The minimum Gasteiger partial charge on any atom is -0.494 e. The summed E-state index contributed by atoms with van der Waals surface area (Å²) in [6.07, 6.45) is 0. The van der Waals surface area contributed by atoms with E-state index in [0.717, 1.165) is 16.9 Å². The molecule has 0 heterocycles. The predicted octanol–water partition coefficient (Wildman–Crippen LogP) is 3.42. The first kappa shape index (κ1) is 12.2. The second kappa shape index (κ2) is 5.31. The van der Waals surface area contributed by atoms with E-state index in [1.807, 2.05) is 32.0 Å².